The van der Waals surface area contributed by atoms with Crippen molar-refractivity contribution in [1.29, 1.82) is 0 Å². The summed E-state index contributed by atoms with van der Waals surface area (Å²) in [6, 6.07) is 30.6. The minimum atomic E-state index is -0.663. The van der Waals surface area contributed by atoms with Gasteiger partial charge in [-0.05, 0) is 71.5 Å². The smallest absolute Gasteiger partial charge is 0.329 e. The number of amides is 2. The Hall–Kier alpha value is -5.45. The third-order valence-electron chi connectivity index (χ3n) is 9.54. The van der Waals surface area contributed by atoms with Crippen molar-refractivity contribution in [3.8, 4) is 22.3 Å². The number of aliphatic hydroxyl groups excluding tert-OH is 1. The van der Waals surface area contributed by atoms with Gasteiger partial charge in [-0.25, -0.2) is 4.79 Å². The van der Waals surface area contributed by atoms with Crippen molar-refractivity contribution in [1.82, 2.24) is 9.80 Å². The first kappa shape index (κ1) is 37.8. The Kier molecular flexibility index (Phi) is 12.8. The lowest BCUT2D eigenvalue weighted by Crippen LogP contribution is -2.41. The van der Waals surface area contributed by atoms with Crippen LogP contribution in [0.1, 0.15) is 44.7 Å². The summed E-state index contributed by atoms with van der Waals surface area (Å²) in [6.45, 7) is 5.10. The van der Waals surface area contributed by atoms with E-state index < -0.39 is 12.0 Å². The van der Waals surface area contributed by atoms with Gasteiger partial charge < -0.3 is 24.4 Å². The molecule has 2 amide bonds. The first-order valence-corrected chi connectivity index (χ1v) is 17.3. The highest BCUT2D eigenvalue weighted by Crippen LogP contribution is 2.27. The molecule has 2 aliphatic rings. The van der Waals surface area contributed by atoms with Crippen molar-refractivity contribution in [3.05, 3.63) is 119 Å². The van der Waals surface area contributed by atoms with Gasteiger partial charge >= 0.3 is 5.97 Å². The maximum atomic E-state index is 13.0. The second-order valence-electron chi connectivity index (χ2n) is 12.9. The number of aliphatic imine (C=N–C) groups is 2. The van der Waals surface area contributed by atoms with Crippen LogP contribution in [-0.4, -0.2) is 104 Å². The molecule has 10 heteroatoms. The lowest BCUT2D eigenvalue weighted by Gasteiger charge is -2.22. The molecule has 4 aromatic rings. The van der Waals surface area contributed by atoms with Gasteiger partial charge in [-0.3, -0.25) is 19.6 Å². The van der Waals surface area contributed by atoms with Gasteiger partial charge in [-0.15, -0.1) is 0 Å². The number of methoxy groups -OCH3 is 2. The van der Waals surface area contributed by atoms with Crippen LogP contribution in [0.2, 0.25) is 0 Å². The number of esters is 1. The van der Waals surface area contributed by atoms with Crippen LogP contribution in [0.25, 0.3) is 22.3 Å². The molecule has 2 heterocycles. The van der Waals surface area contributed by atoms with E-state index in [1.165, 1.54) is 28.7 Å². The molecule has 0 spiro atoms. The molecule has 0 bridgehead atoms. The van der Waals surface area contributed by atoms with Crippen LogP contribution < -0.4 is 0 Å². The summed E-state index contributed by atoms with van der Waals surface area (Å²) in [7, 11) is 4.61. The first-order valence-electron chi connectivity index (χ1n) is 17.3. The summed E-state index contributed by atoms with van der Waals surface area (Å²) in [6.07, 6.45) is 1.02. The number of nitrogens with zero attached hydrogens (tertiary/aromatic N) is 4. The number of ether oxygens (including phenoxy) is 2. The third-order valence-corrected chi connectivity index (χ3v) is 9.54. The predicted molar refractivity (Wildman–Crippen MR) is 204 cm³/mol. The maximum Gasteiger partial charge on any atom is 0.329 e. The fourth-order valence-corrected chi connectivity index (χ4v) is 6.58. The van der Waals surface area contributed by atoms with Crippen molar-refractivity contribution < 1.29 is 29.0 Å². The van der Waals surface area contributed by atoms with Gasteiger partial charge in [0.05, 0.1) is 32.8 Å². The molecule has 4 aromatic carbocycles. The highest BCUT2D eigenvalue weighted by molar-refractivity contribution is 6.05. The SMILES string of the molecule is CN=C1C[C@@H](CO)N(C(=O)c2ccc(-c3ccccc3C)cc2)C1.COCN=C1C[C@@H](C(=O)OC)N(C(=O)c2ccc(-c3ccccc3C)cc2)C1. The van der Waals surface area contributed by atoms with Crippen LogP contribution in [0.4, 0.5) is 0 Å². The summed E-state index contributed by atoms with van der Waals surface area (Å²) >= 11 is 0. The van der Waals surface area contributed by atoms with Gasteiger partial charge in [0, 0.05) is 49.5 Å². The van der Waals surface area contributed by atoms with E-state index in [9.17, 15) is 19.5 Å². The molecule has 0 aromatic heterocycles. The number of carbonyl (C=O) groups excluding carboxylic acids is 3. The first-order chi connectivity index (χ1) is 25.2. The second-order valence-corrected chi connectivity index (χ2v) is 12.9. The van der Waals surface area contributed by atoms with E-state index in [4.69, 9.17) is 9.47 Å². The van der Waals surface area contributed by atoms with E-state index in [2.05, 4.69) is 48.1 Å². The van der Waals surface area contributed by atoms with Gasteiger partial charge in [0.2, 0.25) is 0 Å². The molecule has 10 nitrogen and oxygen atoms in total. The minimum absolute atomic E-state index is 0.0357. The molecule has 0 saturated carbocycles. The van der Waals surface area contributed by atoms with Crippen molar-refractivity contribution >= 4 is 29.2 Å². The Balaban J connectivity index is 0.000000203. The fourth-order valence-electron chi connectivity index (χ4n) is 6.58. The van der Waals surface area contributed by atoms with Crippen LogP contribution >= 0.6 is 0 Å². The average Bonchev–Trinajstić information content (AvgIpc) is 3.82. The summed E-state index contributed by atoms with van der Waals surface area (Å²) in [4.78, 5) is 49.7. The molecule has 270 valence electrons. The quantitative estimate of drug-likeness (QED) is 0.224. The lowest BCUT2D eigenvalue weighted by atomic mass is 9.99. The maximum absolute atomic E-state index is 13.0. The van der Waals surface area contributed by atoms with Crippen LogP contribution in [-0.2, 0) is 14.3 Å². The monoisotopic (exact) mass is 702 g/mol. The van der Waals surface area contributed by atoms with Crippen LogP contribution in [0, 0.1) is 13.8 Å². The molecular formula is C42H46N4O6. The highest BCUT2D eigenvalue weighted by atomic mass is 16.5. The Morgan fingerprint density at radius 3 is 1.67 bits per heavy atom. The van der Waals surface area contributed by atoms with E-state index in [0.29, 0.717) is 37.1 Å². The Morgan fingerprint density at radius 1 is 0.712 bits per heavy atom. The molecule has 2 atom stereocenters. The molecule has 0 radical (unpaired) electrons. The molecule has 0 unspecified atom stereocenters. The van der Waals surface area contributed by atoms with E-state index >= 15 is 0 Å². The number of aryl methyl sites for hydroxylation is 2. The molecule has 52 heavy (non-hydrogen) atoms. The Bertz CT molecular complexity index is 1940. The van der Waals surface area contributed by atoms with Crippen molar-refractivity contribution in [2.24, 2.45) is 9.98 Å². The minimum Gasteiger partial charge on any atom is -0.467 e. The number of hydrogen-bond donors (Lipinski definition) is 1. The zero-order chi connectivity index (χ0) is 37.2. The predicted octanol–water partition coefficient (Wildman–Crippen LogP) is 6.03. The summed E-state index contributed by atoms with van der Waals surface area (Å²) < 4.78 is 9.84. The number of rotatable bonds is 8. The topological polar surface area (TPSA) is 121 Å². The lowest BCUT2D eigenvalue weighted by molar-refractivity contribution is -0.145. The second kappa shape index (κ2) is 17.7. The summed E-state index contributed by atoms with van der Waals surface area (Å²) in [5.41, 5.74) is 9.70. The number of likely N-dealkylation sites (tertiary alicyclic amines) is 2. The summed E-state index contributed by atoms with van der Waals surface area (Å²) in [5.74, 6) is -0.703. The number of hydrogen-bond acceptors (Lipinski definition) is 8. The van der Waals surface area contributed by atoms with Gasteiger partial charge in [0.25, 0.3) is 11.8 Å². The Morgan fingerprint density at radius 2 is 1.21 bits per heavy atom. The number of carbonyl (C=O) groups is 3. The third kappa shape index (κ3) is 8.70. The van der Waals surface area contributed by atoms with Crippen LogP contribution in [0.3, 0.4) is 0 Å². The molecule has 6 rings (SSSR count). The zero-order valence-corrected chi connectivity index (χ0v) is 30.4. The molecule has 2 saturated heterocycles. The molecule has 1 N–H and O–H groups in total. The normalized spacial score (nSPS) is 18.3. The molecule has 2 aliphatic heterocycles. The van der Waals surface area contributed by atoms with Gasteiger partial charge in [0.15, 0.2) is 0 Å². The average molecular weight is 703 g/mol. The molecule has 0 aliphatic carbocycles. The van der Waals surface area contributed by atoms with Gasteiger partial charge in [-0.2, -0.15) is 0 Å². The fraction of sp³-hybridized carbons (Fsp3) is 0.310. The number of benzene rings is 4. The van der Waals surface area contributed by atoms with Crippen molar-refractivity contribution in [2.75, 3.05) is 47.7 Å². The van der Waals surface area contributed by atoms with E-state index in [1.54, 1.807) is 31.2 Å². The standard InChI is InChI=1S/C22H24N2O4.C20H22N2O2/c1-15-6-4-5-7-19(15)16-8-10-17(11-9-16)21(25)24-13-18(23-14-27-2)12-20(24)22(26)28-3;1-14-5-3-4-6-19(14)15-7-9-16(10-8-15)20(24)22-12-17(21-2)11-18(22)13-23/h4-11,20H,12-14H2,1-3H3;3-10,18,23H,11-13H2,1-2H3/t20-;18-/m00/s1. The van der Waals surface area contributed by atoms with E-state index in [0.717, 1.165) is 28.1 Å². The zero-order valence-electron chi connectivity index (χ0n) is 30.4. The van der Waals surface area contributed by atoms with Crippen molar-refractivity contribution in [2.45, 2.75) is 38.8 Å². The van der Waals surface area contributed by atoms with E-state index in [-0.39, 0.29) is 31.2 Å². The Labute approximate surface area is 305 Å². The van der Waals surface area contributed by atoms with Gasteiger partial charge in [0.1, 0.15) is 12.8 Å². The largest absolute Gasteiger partial charge is 0.467 e. The highest BCUT2D eigenvalue weighted by Gasteiger charge is 2.38. The number of aliphatic hydroxyl groups is 1. The van der Waals surface area contributed by atoms with Crippen molar-refractivity contribution in [3.63, 3.8) is 0 Å². The molecular weight excluding hydrogens is 656 g/mol. The molecule has 2 fully saturated rings. The van der Waals surface area contributed by atoms with Crippen LogP contribution in [0.5, 0.6) is 0 Å². The van der Waals surface area contributed by atoms with E-state index in [1.807, 2.05) is 60.7 Å². The summed E-state index contributed by atoms with van der Waals surface area (Å²) in [5, 5.41) is 9.52. The van der Waals surface area contributed by atoms with Gasteiger partial charge in [-0.1, -0.05) is 72.8 Å². The van der Waals surface area contributed by atoms with Crippen LogP contribution in [0.15, 0.2) is 107 Å².